The highest BCUT2D eigenvalue weighted by Crippen LogP contribution is 2.17. The Labute approximate surface area is 79.0 Å². The molecular formula is C9H7FN2O2. The van der Waals surface area contributed by atoms with Crippen molar-refractivity contribution >= 4 is 0 Å². The fourth-order valence-corrected chi connectivity index (χ4v) is 1.03. The maximum Gasteiger partial charge on any atom is 0.185 e. The van der Waals surface area contributed by atoms with E-state index in [4.69, 9.17) is 9.63 Å². The minimum Gasteiger partial charge on any atom is -0.390 e. The van der Waals surface area contributed by atoms with Crippen LogP contribution in [0.2, 0.25) is 0 Å². The van der Waals surface area contributed by atoms with E-state index in [1.165, 1.54) is 12.1 Å². The van der Waals surface area contributed by atoms with Crippen LogP contribution >= 0.6 is 0 Å². The van der Waals surface area contributed by atoms with E-state index < -0.39 is 5.82 Å². The van der Waals surface area contributed by atoms with Crippen molar-refractivity contribution in [2.45, 2.75) is 6.61 Å². The van der Waals surface area contributed by atoms with Gasteiger partial charge in [-0.25, -0.2) is 9.37 Å². The highest BCUT2D eigenvalue weighted by Gasteiger charge is 2.06. The maximum atomic E-state index is 12.5. The number of aliphatic hydroxyl groups excluding tert-OH is 1. The first-order valence-corrected chi connectivity index (χ1v) is 3.98. The molecule has 5 heteroatoms. The molecule has 0 aromatic carbocycles. The second kappa shape index (κ2) is 3.55. The largest absolute Gasteiger partial charge is 0.390 e. The van der Waals surface area contributed by atoms with E-state index in [0.29, 0.717) is 17.1 Å². The van der Waals surface area contributed by atoms with Crippen LogP contribution < -0.4 is 0 Å². The summed E-state index contributed by atoms with van der Waals surface area (Å²) in [5.41, 5.74) is 0.907. The zero-order chi connectivity index (χ0) is 9.97. The summed E-state index contributed by atoms with van der Waals surface area (Å²) in [7, 11) is 0. The molecule has 0 aliphatic carbocycles. The van der Waals surface area contributed by atoms with Crippen molar-refractivity contribution in [3.63, 3.8) is 0 Å². The lowest BCUT2D eigenvalue weighted by Crippen LogP contribution is -1.82. The molecule has 0 spiro atoms. The zero-order valence-electron chi connectivity index (χ0n) is 7.14. The van der Waals surface area contributed by atoms with Crippen LogP contribution in [0, 0.1) is 5.82 Å². The van der Waals surface area contributed by atoms with Gasteiger partial charge in [-0.1, -0.05) is 5.16 Å². The van der Waals surface area contributed by atoms with E-state index in [9.17, 15) is 4.39 Å². The van der Waals surface area contributed by atoms with Gasteiger partial charge in [-0.2, -0.15) is 0 Å². The molecule has 4 nitrogen and oxygen atoms in total. The first-order valence-electron chi connectivity index (χ1n) is 3.98. The number of rotatable bonds is 2. The lowest BCUT2D eigenvalue weighted by atomic mass is 10.2. The van der Waals surface area contributed by atoms with Crippen LogP contribution in [0.3, 0.4) is 0 Å². The highest BCUT2D eigenvalue weighted by atomic mass is 19.1. The molecule has 0 aliphatic rings. The zero-order valence-corrected chi connectivity index (χ0v) is 7.14. The molecule has 0 saturated carbocycles. The molecule has 72 valence electrons. The van der Waals surface area contributed by atoms with E-state index in [1.54, 1.807) is 6.07 Å². The normalized spacial score (nSPS) is 10.4. The third-order valence-electron chi connectivity index (χ3n) is 1.70. The summed E-state index contributed by atoms with van der Waals surface area (Å²) in [6.45, 7) is -0.190. The summed E-state index contributed by atoms with van der Waals surface area (Å²) < 4.78 is 17.4. The van der Waals surface area contributed by atoms with Crippen molar-refractivity contribution in [3.05, 3.63) is 35.9 Å². The van der Waals surface area contributed by atoms with Gasteiger partial charge in [0.15, 0.2) is 5.76 Å². The molecule has 1 N–H and O–H groups in total. The van der Waals surface area contributed by atoms with Gasteiger partial charge in [-0.3, -0.25) is 0 Å². The summed E-state index contributed by atoms with van der Waals surface area (Å²) in [6.07, 6.45) is 1.09. The Hall–Kier alpha value is -1.75. The third-order valence-corrected chi connectivity index (χ3v) is 1.70. The van der Waals surface area contributed by atoms with E-state index in [-0.39, 0.29) is 6.61 Å². The molecule has 0 aliphatic heterocycles. The number of halogens is 1. The van der Waals surface area contributed by atoms with Crippen molar-refractivity contribution in [1.82, 2.24) is 10.1 Å². The second-order valence-electron chi connectivity index (χ2n) is 2.70. The average Bonchev–Trinajstić information content (AvgIpc) is 2.67. The summed E-state index contributed by atoms with van der Waals surface area (Å²) in [6, 6.07) is 4.32. The topological polar surface area (TPSA) is 59.2 Å². The predicted molar refractivity (Wildman–Crippen MR) is 45.6 cm³/mol. The first-order chi connectivity index (χ1) is 6.79. The lowest BCUT2D eigenvalue weighted by molar-refractivity contribution is 0.267. The molecule has 2 heterocycles. The Morgan fingerprint density at radius 2 is 2.29 bits per heavy atom. The Balaban J connectivity index is 2.34. The summed E-state index contributed by atoms with van der Waals surface area (Å²) in [5, 5.41) is 12.3. The fraction of sp³-hybridized carbons (Fsp3) is 0.111. The summed E-state index contributed by atoms with van der Waals surface area (Å²) in [5.74, 6) is 0.00435. The van der Waals surface area contributed by atoms with E-state index in [2.05, 4.69) is 10.1 Å². The lowest BCUT2D eigenvalue weighted by Gasteiger charge is -1.92. The number of aliphatic hydroxyl groups is 1. The number of pyridine rings is 1. The molecule has 2 aromatic rings. The third kappa shape index (κ3) is 1.62. The minimum absolute atomic E-state index is 0.190. The second-order valence-corrected chi connectivity index (χ2v) is 2.70. The Bertz CT molecular complexity index is 425. The molecule has 2 aromatic heterocycles. The molecule has 0 unspecified atom stereocenters. The molecule has 2 rings (SSSR count). The Morgan fingerprint density at radius 3 is 2.86 bits per heavy atom. The van der Waals surface area contributed by atoms with E-state index >= 15 is 0 Å². The highest BCUT2D eigenvalue weighted by molar-refractivity contribution is 5.51. The van der Waals surface area contributed by atoms with E-state index in [0.717, 1.165) is 6.20 Å². The summed E-state index contributed by atoms with van der Waals surface area (Å²) in [4.78, 5) is 3.81. The fourth-order valence-electron chi connectivity index (χ4n) is 1.03. The summed E-state index contributed by atoms with van der Waals surface area (Å²) >= 11 is 0. The van der Waals surface area contributed by atoms with Gasteiger partial charge in [0.25, 0.3) is 0 Å². The van der Waals surface area contributed by atoms with Crippen molar-refractivity contribution in [3.8, 4) is 11.5 Å². The van der Waals surface area contributed by atoms with Crippen LogP contribution in [0.5, 0.6) is 0 Å². The van der Waals surface area contributed by atoms with Gasteiger partial charge in [0.1, 0.15) is 17.2 Å². The molecular weight excluding hydrogens is 187 g/mol. The quantitative estimate of drug-likeness (QED) is 0.784. The molecule has 0 bridgehead atoms. The van der Waals surface area contributed by atoms with Crippen molar-refractivity contribution in [2.75, 3.05) is 0 Å². The molecule has 0 atom stereocenters. The predicted octanol–water partition coefficient (Wildman–Crippen LogP) is 1.37. The van der Waals surface area contributed by atoms with Crippen LogP contribution in [-0.2, 0) is 6.61 Å². The monoisotopic (exact) mass is 194 g/mol. The van der Waals surface area contributed by atoms with Gasteiger partial charge in [0, 0.05) is 6.07 Å². The van der Waals surface area contributed by atoms with Crippen LogP contribution in [0.1, 0.15) is 5.69 Å². The average molecular weight is 194 g/mol. The van der Waals surface area contributed by atoms with Crippen molar-refractivity contribution in [2.24, 2.45) is 0 Å². The van der Waals surface area contributed by atoms with Crippen molar-refractivity contribution < 1.29 is 14.0 Å². The molecule has 0 radical (unpaired) electrons. The van der Waals surface area contributed by atoms with Gasteiger partial charge in [-0.15, -0.1) is 0 Å². The maximum absolute atomic E-state index is 12.5. The Morgan fingerprint density at radius 1 is 1.43 bits per heavy atom. The molecule has 0 amide bonds. The van der Waals surface area contributed by atoms with Crippen LogP contribution in [-0.4, -0.2) is 15.2 Å². The number of hydrogen-bond acceptors (Lipinski definition) is 4. The van der Waals surface area contributed by atoms with Gasteiger partial charge < -0.3 is 9.63 Å². The van der Waals surface area contributed by atoms with Gasteiger partial charge in [0.05, 0.1) is 12.8 Å². The molecule has 0 fully saturated rings. The van der Waals surface area contributed by atoms with E-state index in [1.807, 2.05) is 0 Å². The number of nitrogens with zero attached hydrogens (tertiary/aromatic N) is 2. The van der Waals surface area contributed by atoms with Crippen molar-refractivity contribution in [1.29, 1.82) is 0 Å². The molecule has 14 heavy (non-hydrogen) atoms. The Kier molecular flexibility index (Phi) is 2.24. The first kappa shape index (κ1) is 8.83. The van der Waals surface area contributed by atoms with Gasteiger partial charge >= 0.3 is 0 Å². The molecule has 0 saturated heterocycles. The minimum atomic E-state index is -0.407. The van der Waals surface area contributed by atoms with Crippen LogP contribution in [0.15, 0.2) is 28.9 Å². The SMILES string of the molecule is OCc1cc(-c2ccc(F)cn2)on1. The number of aromatic nitrogens is 2. The van der Waals surface area contributed by atoms with Gasteiger partial charge in [-0.05, 0) is 12.1 Å². The van der Waals surface area contributed by atoms with Crippen LogP contribution in [0.25, 0.3) is 11.5 Å². The van der Waals surface area contributed by atoms with Crippen LogP contribution in [0.4, 0.5) is 4.39 Å². The number of hydrogen-bond donors (Lipinski definition) is 1. The van der Waals surface area contributed by atoms with Gasteiger partial charge in [0.2, 0.25) is 0 Å². The standard InChI is InChI=1S/C9H7FN2O2/c10-6-1-2-8(11-4-6)9-3-7(5-13)12-14-9/h1-4,13H,5H2. The smallest absolute Gasteiger partial charge is 0.185 e.